The summed E-state index contributed by atoms with van der Waals surface area (Å²) in [5, 5.41) is 48.1. The van der Waals surface area contributed by atoms with Gasteiger partial charge in [0.15, 0.2) is 11.4 Å². The minimum Gasteiger partial charge on any atom is -0.508 e. The van der Waals surface area contributed by atoms with E-state index in [2.05, 4.69) is 5.32 Å². The lowest BCUT2D eigenvalue weighted by molar-refractivity contribution is -0.153. The molecule has 2 saturated carbocycles. The third kappa shape index (κ3) is 3.69. The first-order chi connectivity index (χ1) is 17.5. The summed E-state index contributed by atoms with van der Waals surface area (Å²) in [6.07, 6.45) is 4.92. The number of fused-ring (bicyclic) bond motifs is 3. The Morgan fingerprint density at radius 1 is 1.16 bits per heavy atom. The van der Waals surface area contributed by atoms with Gasteiger partial charge in [-0.2, -0.15) is 0 Å². The molecule has 0 bridgehead atoms. The number of primary amides is 1. The van der Waals surface area contributed by atoms with Crippen LogP contribution in [0.2, 0.25) is 0 Å². The van der Waals surface area contributed by atoms with E-state index in [1.54, 1.807) is 20.2 Å². The van der Waals surface area contributed by atoms with E-state index in [1.165, 1.54) is 23.8 Å². The number of hydrogen-bond acceptors (Lipinski definition) is 9. The van der Waals surface area contributed by atoms with Crippen LogP contribution in [-0.2, 0) is 27.3 Å². The molecule has 198 valence electrons. The van der Waals surface area contributed by atoms with Gasteiger partial charge in [0.25, 0.3) is 5.91 Å². The number of benzene rings is 1. The van der Waals surface area contributed by atoms with Crippen molar-refractivity contribution in [2.24, 2.45) is 17.6 Å². The topological polar surface area (TPSA) is 173 Å². The highest BCUT2D eigenvalue weighted by Crippen LogP contribution is 2.52. The number of likely N-dealkylation sites (N-methyl/N-ethyl adjacent to an activating group) is 1. The molecule has 10 heteroatoms. The lowest BCUT2D eigenvalue weighted by Gasteiger charge is -2.50. The SMILES string of the molecule is CN(C)[C@H]1C(=O)C(C(N)=O)=C(O)[C@]2(O)C(=O)C3=C(O)c4c(O)ccc(CNC5CCCC5)c4C[C@@H]3C[C@H]12. The van der Waals surface area contributed by atoms with E-state index in [0.29, 0.717) is 24.6 Å². The normalized spacial score (nSPS) is 30.0. The summed E-state index contributed by atoms with van der Waals surface area (Å²) in [5.74, 6) is -6.41. The van der Waals surface area contributed by atoms with Crippen LogP contribution in [0.15, 0.2) is 29.0 Å². The van der Waals surface area contributed by atoms with E-state index < -0.39 is 58.0 Å². The molecule has 1 aromatic carbocycles. The fraction of sp³-hybridized carbons (Fsp3) is 0.519. The zero-order valence-corrected chi connectivity index (χ0v) is 21.0. The maximum absolute atomic E-state index is 13.8. The number of aliphatic hydroxyl groups is 3. The lowest BCUT2D eigenvalue weighted by atomic mass is 9.57. The van der Waals surface area contributed by atoms with Crippen LogP contribution < -0.4 is 11.1 Å². The molecule has 5 rings (SSSR count). The molecule has 0 saturated heterocycles. The average Bonchev–Trinajstić information content (AvgIpc) is 3.34. The Kier molecular flexibility index (Phi) is 6.17. The highest BCUT2D eigenvalue weighted by atomic mass is 16.3. The molecule has 4 aliphatic carbocycles. The molecule has 0 spiro atoms. The second-order valence-corrected chi connectivity index (χ2v) is 10.9. The Morgan fingerprint density at radius 2 is 1.84 bits per heavy atom. The van der Waals surface area contributed by atoms with Crippen molar-refractivity contribution in [1.29, 1.82) is 0 Å². The standard InChI is InChI=1S/C27H33N3O7/c1-30(2)21-16-10-13-9-15-12(11-29-14-5-3-4-6-14)7-8-17(31)19(15)22(32)18(13)24(34)27(16,37)25(35)20(23(21)33)26(28)36/h7-8,13-14,16,21,29,31-32,35,37H,3-6,9-11H2,1-2H3,(H2,28,36)/t13-,16-,21-,27-/m1/s1. The van der Waals surface area contributed by atoms with Crippen molar-refractivity contribution in [3.05, 3.63) is 45.7 Å². The molecule has 4 aliphatic rings. The molecule has 2 fully saturated rings. The van der Waals surface area contributed by atoms with Gasteiger partial charge in [-0.3, -0.25) is 19.3 Å². The van der Waals surface area contributed by atoms with Crippen molar-refractivity contribution in [2.45, 2.75) is 62.8 Å². The highest BCUT2D eigenvalue weighted by Gasteiger charge is 2.64. The molecular formula is C27H33N3O7. The van der Waals surface area contributed by atoms with Crippen molar-refractivity contribution in [2.75, 3.05) is 14.1 Å². The highest BCUT2D eigenvalue weighted by molar-refractivity contribution is 6.24. The number of phenolic OH excluding ortho intramolecular Hbond substituents is 1. The number of aliphatic hydroxyl groups excluding tert-OH is 2. The second-order valence-electron chi connectivity index (χ2n) is 10.9. The molecule has 0 aliphatic heterocycles. The third-order valence-corrected chi connectivity index (χ3v) is 8.64. The van der Waals surface area contributed by atoms with E-state index in [1.807, 2.05) is 0 Å². The van der Waals surface area contributed by atoms with Gasteiger partial charge in [-0.05, 0) is 62.9 Å². The van der Waals surface area contributed by atoms with E-state index in [0.717, 1.165) is 18.4 Å². The van der Waals surface area contributed by atoms with E-state index in [4.69, 9.17) is 5.73 Å². The summed E-state index contributed by atoms with van der Waals surface area (Å²) in [6, 6.07) is 2.58. The summed E-state index contributed by atoms with van der Waals surface area (Å²) >= 11 is 0. The van der Waals surface area contributed by atoms with Gasteiger partial charge in [0.1, 0.15) is 22.8 Å². The maximum Gasteiger partial charge on any atom is 0.255 e. The molecule has 0 aromatic heterocycles. The lowest BCUT2D eigenvalue weighted by Crippen LogP contribution is -2.65. The van der Waals surface area contributed by atoms with Gasteiger partial charge in [-0.15, -0.1) is 0 Å². The molecule has 10 nitrogen and oxygen atoms in total. The number of nitrogens with zero attached hydrogens (tertiary/aromatic N) is 1. The molecule has 1 aromatic rings. The van der Waals surface area contributed by atoms with Gasteiger partial charge in [0.05, 0.1) is 11.6 Å². The Balaban J connectivity index is 1.62. The fourth-order valence-corrected chi connectivity index (χ4v) is 6.86. The van der Waals surface area contributed by atoms with Crippen LogP contribution in [0.5, 0.6) is 5.75 Å². The van der Waals surface area contributed by atoms with Crippen LogP contribution in [-0.4, -0.2) is 74.6 Å². The first-order valence-electron chi connectivity index (χ1n) is 12.7. The van der Waals surface area contributed by atoms with Gasteiger partial charge < -0.3 is 31.5 Å². The Labute approximate surface area is 214 Å². The van der Waals surface area contributed by atoms with Crippen molar-refractivity contribution >= 4 is 23.2 Å². The smallest absolute Gasteiger partial charge is 0.255 e. The molecule has 0 unspecified atom stereocenters. The van der Waals surface area contributed by atoms with Gasteiger partial charge >= 0.3 is 0 Å². The van der Waals surface area contributed by atoms with Crippen molar-refractivity contribution in [3.63, 3.8) is 0 Å². The summed E-state index contributed by atoms with van der Waals surface area (Å²) in [7, 11) is 3.16. The number of rotatable bonds is 5. The molecule has 0 heterocycles. The first-order valence-corrected chi connectivity index (χ1v) is 12.7. The number of nitrogens with one attached hydrogen (secondary N) is 1. The summed E-state index contributed by atoms with van der Waals surface area (Å²) in [5.41, 5.74) is 3.50. The largest absolute Gasteiger partial charge is 0.508 e. The summed E-state index contributed by atoms with van der Waals surface area (Å²) in [4.78, 5) is 40.6. The zero-order chi connectivity index (χ0) is 26.8. The van der Waals surface area contributed by atoms with Crippen LogP contribution >= 0.6 is 0 Å². The van der Waals surface area contributed by atoms with Crippen LogP contribution in [0.1, 0.15) is 48.8 Å². The molecular weight excluding hydrogens is 478 g/mol. The first kappa shape index (κ1) is 25.4. The molecule has 1 amide bonds. The molecule has 37 heavy (non-hydrogen) atoms. The van der Waals surface area contributed by atoms with Crippen LogP contribution in [0.3, 0.4) is 0 Å². The van der Waals surface area contributed by atoms with Crippen molar-refractivity contribution < 1.29 is 34.8 Å². The average molecular weight is 512 g/mol. The van der Waals surface area contributed by atoms with Gasteiger partial charge in [0.2, 0.25) is 5.78 Å². The monoisotopic (exact) mass is 511 g/mol. The van der Waals surface area contributed by atoms with Gasteiger partial charge in [-0.25, -0.2) is 0 Å². The van der Waals surface area contributed by atoms with E-state index in [-0.39, 0.29) is 23.3 Å². The number of carbonyl (C=O) groups excluding carboxylic acids is 3. The predicted octanol–water partition coefficient (Wildman–Crippen LogP) is 0.996. The second kappa shape index (κ2) is 8.97. The van der Waals surface area contributed by atoms with Crippen LogP contribution in [0.25, 0.3) is 5.76 Å². The van der Waals surface area contributed by atoms with Crippen LogP contribution in [0.4, 0.5) is 0 Å². The van der Waals surface area contributed by atoms with Crippen molar-refractivity contribution in [1.82, 2.24) is 10.2 Å². The van der Waals surface area contributed by atoms with Gasteiger partial charge in [0, 0.05) is 24.1 Å². The maximum atomic E-state index is 13.8. The number of carbonyl (C=O) groups is 3. The van der Waals surface area contributed by atoms with Crippen LogP contribution in [0, 0.1) is 11.8 Å². The number of amides is 1. The molecule has 7 N–H and O–H groups in total. The number of phenols is 1. The van der Waals surface area contributed by atoms with E-state index in [9.17, 15) is 34.8 Å². The predicted molar refractivity (Wildman–Crippen MR) is 133 cm³/mol. The van der Waals surface area contributed by atoms with Crippen molar-refractivity contribution in [3.8, 4) is 5.75 Å². The summed E-state index contributed by atoms with van der Waals surface area (Å²) < 4.78 is 0. The van der Waals surface area contributed by atoms with Gasteiger partial charge in [-0.1, -0.05) is 18.9 Å². The zero-order valence-electron chi connectivity index (χ0n) is 21.0. The molecule has 0 radical (unpaired) electrons. The minimum absolute atomic E-state index is 0.0803. The Morgan fingerprint density at radius 3 is 2.46 bits per heavy atom. The quantitative estimate of drug-likeness (QED) is 0.315. The minimum atomic E-state index is -2.62. The fourth-order valence-electron chi connectivity index (χ4n) is 6.86. The Bertz CT molecular complexity index is 1260. The summed E-state index contributed by atoms with van der Waals surface area (Å²) in [6.45, 7) is 0.536. The van der Waals surface area contributed by atoms with E-state index >= 15 is 0 Å². The number of ketones is 2. The number of hydrogen-bond donors (Lipinski definition) is 6. The Hall–Kier alpha value is -3.21. The number of Topliss-reactive ketones (excluding diaryl/α,β-unsaturated/α-hetero) is 2. The third-order valence-electron chi connectivity index (χ3n) is 8.64. The number of nitrogens with two attached hydrogens (primary N) is 1. The molecule has 4 atom stereocenters. The number of aromatic hydroxyl groups is 1.